The summed E-state index contributed by atoms with van der Waals surface area (Å²) in [5.74, 6) is 1.93. The zero-order valence-corrected chi connectivity index (χ0v) is 14.4. The van der Waals surface area contributed by atoms with Crippen LogP contribution < -0.4 is 10.1 Å². The third kappa shape index (κ3) is 6.93. The number of halogens is 1. The first kappa shape index (κ1) is 17.5. The van der Waals surface area contributed by atoms with Crippen LogP contribution in [0, 0.1) is 0 Å². The average Bonchev–Trinajstić information content (AvgIpc) is 3.03. The first-order valence-corrected chi connectivity index (χ1v) is 9.43. The standard InChI is InChI=1S/C17H24ClNO2S/c18-14-7-9-15(10-8-14)21-12-3-6-17(20)19-11-13-22-16-4-1-2-5-16/h7-10,16H,1-6,11-13H2,(H,19,20). The van der Waals surface area contributed by atoms with Gasteiger partial charge < -0.3 is 10.1 Å². The van der Waals surface area contributed by atoms with Gasteiger partial charge in [0.15, 0.2) is 0 Å². The Kier molecular flexibility index (Phi) is 7.95. The monoisotopic (exact) mass is 341 g/mol. The minimum Gasteiger partial charge on any atom is -0.494 e. The summed E-state index contributed by atoms with van der Waals surface area (Å²) in [6, 6.07) is 7.27. The van der Waals surface area contributed by atoms with E-state index in [2.05, 4.69) is 5.32 Å². The molecule has 0 saturated heterocycles. The van der Waals surface area contributed by atoms with Crippen molar-refractivity contribution in [2.24, 2.45) is 0 Å². The topological polar surface area (TPSA) is 38.3 Å². The lowest BCUT2D eigenvalue weighted by Crippen LogP contribution is -2.26. The summed E-state index contributed by atoms with van der Waals surface area (Å²) in [5, 5.41) is 4.50. The summed E-state index contributed by atoms with van der Waals surface area (Å²) in [5.41, 5.74) is 0. The second-order valence-corrected chi connectivity index (χ2v) is 7.38. The molecule has 1 aromatic rings. The fraction of sp³-hybridized carbons (Fsp3) is 0.588. The number of carbonyl (C=O) groups excluding carboxylic acids is 1. The fourth-order valence-corrected chi connectivity index (χ4v) is 3.86. The van der Waals surface area contributed by atoms with Crippen LogP contribution in [0.3, 0.4) is 0 Å². The maximum atomic E-state index is 11.7. The number of rotatable bonds is 9. The number of nitrogens with one attached hydrogen (secondary N) is 1. The molecule has 0 radical (unpaired) electrons. The molecule has 0 spiro atoms. The molecule has 1 aliphatic rings. The zero-order valence-electron chi connectivity index (χ0n) is 12.9. The first-order valence-electron chi connectivity index (χ1n) is 8.01. The molecule has 1 saturated carbocycles. The van der Waals surface area contributed by atoms with Gasteiger partial charge in [0.2, 0.25) is 5.91 Å². The molecule has 0 aromatic heterocycles. The van der Waals surface area contributed by atoms with Crippen molar-refractivity contribution in [2.75, 3.05) is 18.9 Å². The van der Waals surface area contributed by atoms with Gasteiger partial charge in [-0.1, -0.05) is 24.4 Å². The molecular formula is C17H24ClNO2S. The van der Waals surface area contributed by atoms with Gasteiger partial charge in [-0.3, -0.25) is 4.79 Å². The highest BCUT2D eigenvalue weighted by Crippen LogP contribution is 2.28. The molecule has 122 valence electrons. The Bertz CT molecular complexity index is 446. The van der Waals surface area contributed by atoms with E-state index in [1.165, 1.54) is 25.7 Å². The van der Waals surface area contributed by atoms with E-state index in [1.807, 2.05) is 23.9 Å². The van der Waals surface area contributed by atoms with Crippen molar-refractivity contribution >= 4 is 29.3 Å². The van der Waals surface area contributed by atoms with Crippen molar-refractivity contribution in [3.05, 3.63) is 29.3 Å². The predicted octanol–water partition coefficient (Wildman–Crippen LogP) is 4.29. The largest absolute Gasteiger partial charge is 0.494 e. The Morgan fingerprint density at radius 1 is 1.27 bits per heavy atom. The molecule has 3 nitrogen and oxygen atoms in total. The second kappa shape index (κ2) is 10.0. The third-order valence-electron chi connectivity index (χ3n) is 3.71. The molecule has 0 bridgehead atoms. The number of carbonyl (C=O) groups is 1. The number of benzene rings is 1. The van der Waals surface area contributed by atoms with E-state index in [0.717, 1.165) is 29.7 Å². The highest BCUT2D eigenvalue weighted by molar-refractivity contribution is 7.99. The minimum absolute atomic E-state index is 0.117. The van der Waals surface area contributed by atoms with Crippen molar-refractivity contribution < 1.29 is 9.53 Å². The number of hydrogen-bond donors (Lipinski definition) is 1. The first-order chi connectivity index (χ1) is 10.7. The Labute approximate surface area is 142 Å². The van der Waals surface area contributed by atoms with Crippen molar-refractivity contribution in [3.8, 4) is 5.75 Å². The molecule has 1 fully saturated rings. The Morgan fingerprint density at radius 3 is 2.73 bits per heavy atom. The average molecular weight is 342 g/mol. The highest BCUT2D eigenvalue weighted by atomic mass is 35.5. The van der Waals surface area contributed by atoms with Crippen LogP contribution in [0.2, 0.25) is 5.02 Å². The normalized spacial score (nSPS) is 15.0. The van der Waals surface area contributed by atoms with E-state index in [4.69, 9.17) is 16.3 Å². The summed E-state index contributed by atoms with van der Waals surface area (Å²) in [4.78, 5) is 11.7. The lowest BCUT2D eigenvalue weighted by molar-refractivity contribution is -0.121. The van der Waals surface area contributed by atoms with Crippen molar-refractivity contribution in [1.82, 2.24) is 5.32 Å². The number of amides is 1. The molecule has 0 atom stereocenters. The van der Waals surface area contributed by atoms with Gasteiger partial charge in [-0.05, 0) is 43.5 Å². The van der Waals surface area contributed by atoms with E-state index in [1.54, 1.807) is 12.1 Å². The second-order valence-electron chi connectivity index (χ2n) is 5.53. The van der Waals surface area contributed by atoms with Crippen LogP contribution in [0.15, 0.2) is 24.3 Å². The van der Waals surface area contributed by atoms with Crippen LogP contribution in [0.5, 0.6) is 5.75 Å². The van der Waals surface area contributed by atoms with Crippen molar-refractivity contribution in [3.63, 3.8) is 0 Å². The van der Waals surface area contributed by atoms with E-state index in [9.17, 15) is 4.79 Å². The van der Waals surface area contributed by atoms with Gasteiger partial charge in [0.05, 0.1) is 6.61 Å². The van der Waals surface area contributed by atoms with Crippen LogP contribution in [-0.2, 0) is 4.79 Å². The molecule has 5 heteroatoms. The Morgan fingerprint density at radius 2 is 2.00 bits per heavy atom. The van der Waals surface area contributed by atoms with Crippen LogP contribution >= 0.6 is 23.4 Å². The summed E-state index contributed by atoms with van der Waals surface area (Å²) in [6.07, 6.45) is 6.68. The van der Waals surface area contributed by atoms with Crippen LogP contribution in [0.4, 0.5) is 0 Å². The van der Waals surface area contributed by atoms with E-state index >= 15 is 0 Å². The van der Waals surface area contributed by atoms with Gasteiger partial charge in [-0.25, -0.2) is 0 Å². The van der Waals surface area contributed by atoms with Crippen LogP contribution in [0.1, 0.15) is 38.5 Å². The third-order valence-corrected chi connectivity index (χ3v) is 5.35. The number of hydrogen-bond acceptors (Lipinski definition) is 3. The Hall–Kier alpha value is -0.870. The minimum atomic E-state index is 0.117. The summed E-state index contributed by atoms with van der Waals surface area (Å²) < 4.78 is 5.56. The van der Waals surface area contributed by atoms with Gasteiger partial charge in [0.1, 0.15) is 5.75 Å². The quantitative estimate of drug-likeness (QED) is 0.681. The molecule has 1 amide bonds. The molecule has 2 rings (SSSR count). The van der Waals surface area contributed by atoms with E-state index in [-0.39, 0.29) is 5.91 Å². The van der Waals surface area contributed by atoms with Gasteiger partial charge in [-0.2, -0.15) is 11.8 Å². The number of ether oxygens (including phenoxy) is 1. The summed E-state index contributed by atoms with van der Waals surface area (Å²) in [6.45, 7) is 1.32. The smallest absolute Gasteiger partial charge is 0.220 e. The predicted molar refractivity (Wildman–Crippen MR) is 93.9 cm³/mol. The van der Waals surface area contributed by atoms with Crippen LogP contribution in [0.25, 0.3) is 0 Å². The molecular weight excluding hydrogens is 318 g/mol. The summed E-state index contributed by atoms with van der Waals surface area (Å²) in [7, 11) is 0. The Balaban J connectivity index is 1.46. The zero-order chi connectivity index (χ0) is 15.6. The van der Waals surface area contributed by atoms with Crippen molar-refractivity contribution in [1.29, 1.82) is 0 Å². The maximum Gasteiger partial charge on any atom is 0.220 e. The lowest BCUT2D eigenvalue weighted by Gasteiger charge is -2.09. The summed E-state index contributed by atoms with van der Waals surface area (Å²) >= 11 is 7.81. The van der Waals surface area contributed by atoms with E-state index in [0.29, 0.717) is 18.1 Å². The number of thioether (sulfide) groups is 1. The van der Waals surface area contributed by atoms with Gasteiger partial charge >= 0.3 is 0 Å². The van der Waals surface area contributed by atoms with Crippen LogP contribution in [-0.4, -0.2) is 30.1 Å². The molecule has 0 unspecified atom stereocenters. The molecule has 1 aliphatic carbocycles. The lowest BCUT2D eigenvalue weighted by atomic mass is 10.3. The van der Waals surface area contributed by atoms with E-state index < -0.39 is 0 Å². The molecule has 0 aliphatic heterocycles. The van der Waals surface area contributed by atoms with Crippen molar-refractivity contribution in [2.45, 2.75) is 43.8 Å². The molecule has 22 heavy (non-hydrogen) atoms. The molecule has 1 aromatic carbocycles. The van der Waals surface area contributed by atoms with Gasteiger partial charge in [-0.15, -0.1) is 0 Å². The molecule has 0 heterocycles. The fourth-order valence-electron chi connectivity index (χ4n) is 2.51. The SMILES string of the molecule is O=C(CCCOc1ccc(Cl)cc1)NCCSC1CCCC1. The van der Waals surface area contributed by atoms with Gasteiger partial charge in [0, 0.05) is 29.0 Å². The molecule has 1 N–H and O–H groups in total. The highest BCUT2D eigenvalue weighted by Gasteiger charge is 2.14. The van der Waals surface area contributed by atoms with Gasteiger partial charge in [0.25, 0.3) is 0 Å². The maximum absolute atomic E-state index is 11.7.